The lowest BCUT2D eigenvalue weighted by Crippen LogP contribution is -2.64. The molecule has 0 aromatic carbocycles. The number of aromatic nitrogens is 1. The summed E-state index contributed by atoms with van der Waals surface area (Å²) in [5, 5.41) is 8.98. The van der Waals surface area contributed by atoms with Crippen molar-refractivity contribution in [2.24, 2.45) is 12.5 Å². The molecule has 1 aromatic rings. The molecule has 1 saturated carbocycles. The third kappa shape index (κ3) is 2.32. The SMILES string of the molecule is CCC1(CC)[C@@H](N(C)C(=O)c2cc(C#N)cn2C)C[C@H]1OC. The van der Waals surface area contributed by atoms with Crippen LogP contribution in [0.4, 0.5) is 0 Å². The molecule has 0 radical (unpaired) electrons. The van der Waals surface area contributed by atoms with Gasteiger partial charge in [-0.15, -0.1) is 0 Å². The number of hydrogen-bond donors (Lipinski definition) is 0. The van der Waals surface area contributed by atoms with Crippen molar-refractivity contribution in [2.45, 2.75) is 45.3 Å². The highest BCUT2D eigenvalue weighted by Crippen LogP contribution is 2.51. The van der Waals surface area contributed by atoms with Crippen LogP contribution >= 0.6 is 0 Å². The third-order valence-corrected chi connectivity index (χ3v) is 5.48. The summed E-state index contributed by atoms with van der Waals surface area (Å²) >= 11 is 0. The van der Waals surface area contributed by atoms with E-state index in [0.29, 0.717) is 11.3 Å². The third-order valence-electron chi connectivity index (χ3n) is 5.48. The van der Waals surface area contributed by atoms with Gasteiger partial charge >= 0.3 is 0 Å². The van der Waals surface area contributed by atoms with Crippen LogP contribution in [0.2, 0.25) is 0 Å². The monoisotopic (exact) mass is 303 g/mol. The quantitative estimate of drug-likeness (QED) is 0.840. The molecule has 0 bridgehead atoms. The number of hydrogen-bond acceptors (Lipinski definition) is 3. The first-order valence-corrected chi connectivity index (χ1v) is 7.81. The number of nitrogens with zero attached hydrogens (tertiary/aromatic N) is 3. The van der Waals surface area contributed by atoms with E-state index in [1.54, 1.807) is 31.0 Å². The van der Waals surface area contributed by atoms with E-state index < -0.39 is 0 Å². The molecule has 120 valence electrons. The van der Waals surface area contributed by atoms with Crippen molar-refractivity contribution in [3.05, 3.63) is 23.5 Å². The summed E-state index contributed by atoms with van der Waals surface area (Å²) in [6.07, 6.45) is 4.75. The minimum Gasteiger partial charge on any atom is -0.381 e. The Morgan fingerprint density at radius 3 is 2.64 bits per heavy atom. The Kier molecular flexibility index (Phi) is 4.62. The van der Waals surface area contributed by atoms with Crippen LogP contribution in [-0.2, 0) is 11.8 Å². The smallest absolute Gasteiger partial charge is 0.270 e. The van der Waals surface area contributed by atoms with Gasteiger partial charge in [0.2, 0.25) is 0 Å². The van der Waals surface area contributed by atoms with Gasteiger partial charge in [-0.05, 0) is 25.3 Å². The van der Waals surface area contributed by atoms with Crippen molar-refractivity contribution in [3.63, 3.8) is 0 Å². The Hall–Kier alpha value is -1.80. The minimum atomic E-state index is -0.0326. The molecule has 0 unspecified atom stereocenters. The number of methoxy groups -OCH3 is 1. The van der Waals surface area contributed by atoms with Crippen LogP contribution in [0.15, 0.2) is 12.3 Å². The molecule has 2 atom stereocenters. The first-order chi connectivity index (χ1) is 10.4. The average molecular weight is 303 g/mol. The summed E-state index contributed by atoms with van der Waals surface area (Å²) in [4.78, 5) is 14.6. The van der Waals surface area contributed by atoms with Crippen molar-refractivity contribution in [3.8, 4) is 6.07 Å². The Labute approximate surface area is 132 Å². The molecule has 1 heterocycles. The van der Waals surface area contributed by atoms with E-state index in [-0.39, 0.29) is 23.5 Å². The van der Waals surface area contributed by atoms with Crippen LogP contribution < -0.4 is 0 Å². The van der Waals surface area contributed by atoms with E-state index >= 15 is 0 Å². The fraction of sp³-hybridized carbons (Fsp3) is 0.647. The highest BCUT2D eigenvalue weighted by atomic mass is 16.5. The zero-order valence-corrected chi connectivity index (χ0v) is 14.1. The Morgan fingerprint density at radius 1 is 1.55 bits per heavy atom. The largest absolute Gasteiger partial charge is 0.381 e. The maximum atomic E-state index is 12.8. The second-order valence-electron chi connectivity index (χ2n) is 6.17. The van der Waals surface area contributed by atoms with Crippen molar-refractivity contribution in [2.75, 3.05) is 14.2 Å². The summed E-state index contributed by atoms with van der Waals surface area (Å²) in [6.45, 7) is 4.33. The van der Waals surface area contributed by atoms with E-state index in [1.165, 1.54) is 0 Å². The number of carbonyl (C=O) groups excluding carboxylic acids is 1. The van der Waals surface area contributed by atoms with Crippen LogP contribution in [-0.4, -0.2) is 41.7 Å². The molecule has 0 aliphatic heterocycles. The lowest BCUT2D eigenvalue weighted by Gasteiger charge is -2.57. The standard InChI is InChI=1S/C17H25N3O2/c1-6-17(7-2)14(9-15(17)22-5)20(4)16(21)13-8-12(10-18)11-19(13)3/h8,11,14-15H,6-7,9H2,1-5H3/t14-,15+/m0/s1. The maximum Gasteiger partial charge on any atom is 0.270 e. The molecule has 1 aromatic heterocycles. The summed E-state index contributed by atoms with van der Waals surface area (Å²) in [5.41, 5.74) is 1.10. The zero-order valence-electron chi connectivity index (χ0n) is 14.1. The molecule has 5 nitrogen and oxygen atoms in total. The van der Waals surface area contributed by atoms with Crippen LogP contribution in [0.1, 0.15) is 49.2 Å². The average Bonchev–Trinajstić information content (AvgIpc) is 2.88. The van der Waals surface area contributed by atoms with Gasteiger partial charge in [0.05, 0.1) is 11.7 Å². The summed E-state index contributed by atoms with van der Waals surface area (Å²) in [5.74, 6) is -0.0326. The van der Waals surface area contributed by atoms with Gasteiger partial charge in [0.25, 0.3) is 5.91 Å². The highest BCUT2D eigenvalue weighted by Gasteiger charge is 2.55. The van der Waals surface area contributed by atoms with Gasteiger partial charge in [-0.3, -0.25) is 4.79 Å². The van der Waals surface area contributed by atoms with E-state index in [4.69, 9.17) is 10.00 Å². The molecule has 0 N–H and O–H groups in total. The summed E-state index contributed by atoms with van der Waals surface area (Å²) in [7, 11) is 5.41. The van der Waals surface area contributed by atoms with Gasteiger partial charge in [-0.1, -0.05) is 13.8 Å². The zero-order chi connectivity index (χ0) is 16.5. The number of ether oxygens (including phenoxy) is 1. The number of carbonyl (C=O) groups is 1. The van der Waals surface area contributed by atoms with E-state index in [9.17, 15) is 4.79 Å². The lowest BCUT2D eigenvalue weighted by atomic mass is 9.58. The second kappa shape index (κ2) is 6.13. The molecular formula is C17H25N3O2. The summed E-state index contributed by atoms with van der Waals surface area (Å²) in [6, 6.07) is 3.92. The van der Waals surface area contributed by atoms with Gasteiger partial charge in [-0.25, -0.2) is 0 Å². The van der Waals surface area contributed by atoms with Crippen molar-refractivity contribution < 1.29 is 9.53 Å². The molecule has 2 rings (SSSR count). The molecule has 22 heavy (non-hydrogen) atoms. The van der Waals surface area contributed by atoms with Gasteiger partial charge in [0.15, 0.2) is 0 Å². The molecule has 0 saturated heterocycles. The van der Waals surface area contributed by atoms with Crippen molar-refractivity contribution in [1.29, 1.82) is 5.26 Å². The molecule has 1 aliphatic carbocycles. The molecular weight excluding hydrogens is 278 g/mol. The molecule has 5 heteroatoms. The van der Waals surface area contributed by atoms with Crippen molar-refractivity contribution in [1.82, 2.24) is 9.47 Å². The van der Waals surface area contributed by atoms with Gasteiger partial charge < -0.3 is 14.2 Å². The molecule has 1 aliphatic rings. The number of nitriles is 1. The number of rotatable bonds is 5. The Bertz CT molecular complexity index is 596. The number of aryl methyl sites for hydroxylation is 1. The molecule has 1 amide bonds. The highest BCUT2D eigenvalue weighted by molar-refractivity contribution is 5.93. The normalized spacial score (nSPS) is 22.7. The van der Waals surface area contributed by atoms with Gasteiger partial charge in [0.1, 0.15) is 11.8 Å². The Morgan fingerprint density at radius 2 is 2.18 bits per heavy atom. The van der Waals surface area contributed by atoms with Crippen LogP contribution in [0.25, 0.3) is 0 Å². The first-order valence-electron chi connectivity index (χ1n) is 7.81. The number of amides is 1. The van der Waals surface area contributed by atoms with Crippen molar-refractivity contribution >= 4 is 5.91 Å². The molecule has 1 fully saturated rings. The minimum absolute atomic E-state index is 0.0301. The second-order valence-corrected chi connectivity index (χ2v) is 6.17. The van der Waals surface area contributed by atoms with E-state index in [2.05, 4.69) is 19.9 Å². The fourth-order valence-electron chi connectivity index (χ4n) is 3.94. The lowest BCUT2D eigenvalue weighted by molar-refractivity contribution is -0.147. The van der Waals surface area contributed by atoms with E-state index in [1.807, 2.05) is 11.9 Å². The van der Waals surface area contributed by atoms with Crippen LogP contribution in [0.5, 0.6) is 0 Å². The predicted molar refractivity (Wildman–Crippen MR) is 84.4 cm³/mol. The predicted octanol–water partition coefficient (Wildman–Crippen LogP) is 2.56. The Balaban J connectivity index is 2.24. The van der Waals surface area contributed by atoms with E-state index in [0.717, 1.165) is 19.3 Å². The fourth-order valence-corrected chi connectivity index (χ4v) is 3.94. The molecule has 0 spiro atoms. The van der Waals surface area contributed by atoms with Crippen LogP contribution in [0.3, 0.4) is 0 Å². The van der Waals surface area contributed by atoms with Gasteiger partial charge in [-0.2, -0.15) is 5.26 Å². The summed E-state index contributed by atoms with van der Waals surface area (Å²) < 4.78 is 7.33. The maximum absolute atomic E-state index is 12.8. The first kappa shape index (κ1) is 16.6. The topological polar surface area (TPSA) is 58.3 Å². The van der Waals surface area contributed by atoms with Crippen LogP contribution in [0, 0.1) is 16.7 Å². The van der Waals surface area contributed by atoms with Gasteiger partial charge in [0, 0.05) is 38.9 Å².